The normalized spacial score (nSPS) is 13.4. The van der Waals surface area contributed by atoms with Gasteiger partial charge in [0.05, 0.1) is 25.2 Å². The van der Waals surface area contributed by atoms with Gasteiger partial charge in [0.1, 0.15) is 6.10 Å². The summed E-state index contributed by atoms with van der Waals surface area (Å²) in [5, 5.41) is 23.6. The minimum Gasteiger partial charge on any atom is -0.462 e. The molecule has 330 valence electrons. The number of esters is 1. The number of allylic oxidation sites excluding steroid dienone is 4. The second kappa shape index (κ2) is 44.4. The summed E-state index contributed by atoms with van der Waals surface area (Å²) in [4.78, 5) is 26.0. The summed E-state index contributed by atoms with van der Waals surface area (Å²) in [6.07, 6.45) is 49.5. The molecule has 1 amide bonds. The molecule has 0 radical (unpaired) electrons. The third-order valence-electron chi connectivity index (χ3n) is 11.3. The lowest BCUT2D eigenvalue weighted by atomic mass is 10.0. The van der Waals surface area contributed by atoms with E-state index in [9.17, 15) is 19.8 Å². The van der Waals surface area contributed by atoms with Crippen LogP contribution in [-0.2, 0) is 14.3 Å². The number of hydrogen-bond donors (Lipinski definition) is 3. The van der Waals surface area contributed by atoms with E-state index in [1.807, 2.05) is 0 Å². The van der Waals surface area contributed by atoms with E-state index in [-0.39, 0.29) is 24.9 Å². The number of ether oxygens (including phenoxy) is 1. The Morgan fingerprint density at radius 3 is 1.36 bits per heavy atom. The van der Waals surface area contributed by atoms with Crippen LogP contribution in [-0.4, -0.2) is 46.9 Å². The summed E-state index contributed by atoms with van der Waals surface area (Å²) in [5.41, 5.74) is 0. The molecule has 0 heterocycles. The van der Waals surface area contributed by atoms with Crippen molar-refractivity contribution in [1.29, 1.82) is 0 Å². The van der Waals surface area contributed by atoms with Crippen LogP contribution in [0.2, 0.25) is 0 Å². The molecule has 3 atom stereocenters. The van der Waals surface area contributed by atoms with Gasteiger partial charge in [-0.05, 0) is 51.4 Å². The van der Waals surface area contributed by atoms with E-state index in [0.717, 1.165) is 57.8 Å². The van der Waals surface area contributed by atoms with Crippen molar-refractivity contribution in [2.24, 2.45) is 0 Å². The number of amides is 1. The largest absolute Gasteiger partial charge is 0.462 e. The lowest BCUT2D eigenvalue weighted by molar-refractivity contribution is -0.151. The number of carbonyl (C=O) groups excluding carboxylic acids is 2. The molecular weight excluding hydrogens is 695 g/mol. The summed E-state index contributed by atoms with van der Waals surface area (Å²) in [6, 6.07) is -0.697. The van der Waals surface area contributed by atoms with Gasteiger partial charge in [-0.2, -0.15) is 0 Å². The Hall–Kier alpha value is -1.66. The number of rotatable bonds is 44. The molecule has 0 saturated heterocycles. The SMILES string of the molecule is CCCCC/C=C/C=C/CCCCCCCCC(=O)OC(CCCCCCCCCCCCCCC)CC(=O)NC(CO)C(O)CCCCCCCCCCC. The number of aliphatic hydroxyl groups excluding tert-OH is 2. The number of aliphatic hydroxyl groups is 2. The molecule has 0 rings (SSSR count). The van der Waals surface area contributed by atoms with Crippen molar-refractivity contribution in [3.63, 3.8) is 0 Å². The van der Waals surface area contributed by atoms with Gasteiger partial charge >= 0.3 is 5.97 Å². The molecule has 0 aliphatic carbocycles. The monoisotopic (exact) mass is 790 g/mol. The quantitative estimate of drug-likeness (QED) is 0.0324. The molecule has 0 aromatic rings. The molecule has 0 saturated carbocycles. The summed E-state index contributed by atoms with van der Waals surface area (Å²) in [7, 11) is 0. The smallest absolute Gasteiger partial charge is 0.306 e. The van der Waals surface area contributed by atoms with Crippen LogP contribution in [0.5, 0.6) is 0 Å². The van der Waals surface area contributed by atoms with Crippen molar-refractivity contribution in [2.75, 3.05) is 6.61 Å². The van der Waals surface area contributed by atoms with Crippen molar-refractivity contribution < 1.29 is 24.5 Å². The zero-order valence-electron chi connectivity index (χ0n) is 37.5. The van der Waals surface area contributed by atoms with E-state index in [0.29, 0.717) is 19.3 Å². The zero-order chi connectivity index (χ0) is 41.0. The molecule has 0 fully saturated rings. The molecule has 0 aliphatic heterocycles. The second-order valence-electron chi connectivity index (χ2n) is 16.9. The van der Waals surface area contributed by atoms with Crippen molar-refractivity contribution in [3.05, 3.63) is 24.3 Å². The topological polar surface area (TPSA) is 95.9 Å². The van der Waals surface area contributed by atoms with E-state index in [1.54, 1.807) is 0 Å². The van der Waals surface area contributed by atoms with Gasteiger partial charge in [-0.15, -0.1) is 0 Å². The van der Waals surface area contributed by atoms with E-state index >= 15 is 0 Å². The molecule has 3 unspecified atom stereocenters. The van der Waals surface area contributed by atoms with E-state index < -0.39 is 18.2 Å². The van der Waals surface area contributed by atoms with E-state index in [4.69, 9.17) is 4.74 Å². The maximum Gasteiger partial charge on any atom is 0.306 e. The van der Waals surface area contributed by atoms with Gasteiger partial charge in [-0.1, -0.05) is 218 Å². The molecule has 0 aromatic heterocycles. The molecule has 6 nitrogen and oxygen atoms in total. The van der Waals surface area contributed by atoms with Crippen LogP contribution in [0.15, 0.2) is 24.3 Å². The van der Waals surface area contributed by atoms with Gasteiger partial charge in [0.15, 0.2) is 0 Å². The summed E-state index contributed by atoms with van der Waals surface area (Å²) < 4.78 is 5.92. The molecule has 0 aliphatic rings. The Kier molecular flexibility index (Phi) is 43.1. The Bertz CT molecular complexity index is 889. The van der Waals surface area contributed by atoms with Crippen LogP contribution in [0.25, 0.3) is 0 Å². The average molecular weight is 790 g/mol. The van der Waals surface area contributed by atoms with Crippen LogP contribution in [0.3, 0.4) is 0 Å². The van der Waals surface area contributed by atoms with Crippen molar-refractivity contribution in [1.82, 2.24) is 5.32 Å². The van der Waals surface area contributed by atoms with E-state index in [2.05, 4.69) is 50.4 Å². The summed E-state index contributed by atoms with van der Waals surface area (Å²) in [6.45, 7) is 6.44. The highest BCUT2D eigenvalue weighted by molar-refractivity contribution is 5.77. The van der Waals surface area contributed by atoms with Gasteiger partial charge in [0.2, 0.25) is 5.91 Å². The Labute approximate surface area is 348 Å². The van der Waals surface area contributed by atoms with E-state index in [1.165, 1.54) is 154 Å². The minimum absolute atomic E-state index is 0.0777. The van der Waals surface area contributed by atoms with Gasteiger partial charge in [0.25, 0.3) is 0 Å². The molecule has 0 aromatic carbocycles. The molecular formula is C50H95NO5. The number of carbonyl (C=O) groups is 2. The van der Waals surface area contributed by atoms with Gasteiger partial charge in [-0.25, -0.2) is 0 Å². The second-order valence-corrected chi connectivity index (χ2v) is 16.9. The van der Waals surface area contributed by atoms with Crippen LogP contribution in [0.4, 0.5) is 0 Å². The first-order valence-corrected chi connectivity index (χ1v) is 24.6. The fourth-order valence-corrected chi connectivity index (χ4v) is 7.54. The predicted molar refractivity (Wildman–Crippen MR) is 241 cm³/mol. The zero-order valence-corrected chi connectivity index (χ0v) is 37.5. The summed E-state index contributed by atoms with van der Waals surface area (Å²) >= 11 is 0. The predicted octanol–water partition coefficient (Wildman–Crippen LogP) is 14.3. The van der Waals surface area contributed by atoms with Crippen LogP contribution >= 0.6 is 0 Å². The van der Waals surface area contributed by atoms with Crippen molar-refractivity contribution in [2.45, 2.75) is 277 Å². The van der Waals surface area contributed by atoms with Crippen LogP contribution in [0.1, 0.15) is 258 Å². The summed E-state index contributed by atoms with van der Waals surface area (Å²) in [5.74, 6) is -0.477. The number of unbranched alkanes of at least 4 members (excludes halogenated alkanes) is 29. The van der Waals surface area contributed by atoms with Crippen molar-refractivity contribution in [3.8, 4) is 0 Å². The highest BCUT2D eigenvalue weighted by atomic mass is 16.5. The number of hydrogen-bond acceptors (Lipinski definition) is 5. The fourth-order valence-electron chi connectivity index (χ4n) is 7.54. The Morgan fingerprint density at radius 2 is 0.893 bits per heavy atom. The highest BCUT2D eigenvalue weighted by Gasteiger charge is 2.24. The fraction of sp³-hybridized carbons (Fsp3) is 0.880. The molecule has 56 heavy (non-hydrogen) atoms. The maximum atomic E-state index is 13.1. The van der Waals surface area contributed by atoms with Crippen molar-refractivity contribution >= 4 is 11.9 Å². The lowest BCUT2D eigenvalue weighted by Gasteiger charge is -2.24. The Morgan fingerprint density at radius 1 is 0.518 bits per heavy atom. The molecule has 0 spiro atoms. The van der Waals surface area contributed by atoms with Gasteiger partial charge in [0, 0.05) is 6.42 Å². The van der Waals surface area contributed by atoms with Crippen LogP contribution in [0, 0.1) is 0 Å². The van der Waals surface area contributed by atoms with Crippen LogP contribution < -0.4 is 5.32 Å². The third kappa shape index (κ3) is 39.2. The minimum atomic E-state index is -0.783. The first kappa shape index (κ1) is 54.3. The number of nitrogens with one attached hydrogen (secondary N) is 1. The average Bonchev–Trinajstić information content (AvgIpc) is 3.19. The first-order valence-electron chi connectivity index (χ1n) is 24.6. The first-order chi connectivity index (χ1) is 27.5. The third-order valence-corrected chi connectivity index (χ3v) is 11.3. The molecule has 0 bridgehead atoms. The Balaban J connectivity index is 4.57. The maximum absolute atomic E-state index is 13.1. The molecule has 3 N–H and O–H groups in total. The molecule has 6 heteroatoms. The standard InChI is InChI=1S/C50H95NO5/c1-4-7-10-13-16-19-21-23-24-26-28-31-34-37-40-43-50(55)56-46(41-38-35-32-30-27-25-22-20-17-14-11-8-5-2)44-49(54)51-47(45-52)48(53)42-39-36-33-29-18-15-12-9-6-3/h16,19,21,23,46-48,52-53H,4-15,17-18,20,22,24-45H2,1-3H3,(H,51,54)/b19-16+,23-21+. The van der Waals surface area contributed by atoms with Gasteiger partial charge in [-0.3, -0.25) is 9.59 Å². The highest BCUT2D eigenvalue weighted by Crippen LogP contribution is 2.18. The van der Waals surface area contributed by atoms with Gasteiger partial charge < -0.3 is 20.3 Å². The lowest BCUT2D eigenvalue weighted by Crippen LogP contribution is -2.46.